The van der Waals surface area contributed by atoms with Gasteiger partial charge in [0.1, 0.15) is 0 Å². The highest BCUT2D eigenvalue weighted by molar-refractivity contribution is 6.06. The Hall–Kier alpha value is -2.30. The topological polar surface area (TPSA) is 64.2 Å². The summed E-state index contributed by atoms with van der Waals surface area (Å²) in [5, 5.41) is 4.15. The first-order chi connectivity index (χ1) is 8.65. The molecule has 3 rings (SSSR count). The van der Waals surface area contributed by atoms with Gasteiger partial charge in [0.05, 0.1) is 0 Å². The van der Waals surface area contributed by atoms with Crippen LogP contribution in [0.1, 0.15) is 16.1 Å². The summed E-state index contributed by atoms with van der Waals surface area (Å²) in [5.74, 6) is -0.0564. The number of fused-ring (bicyclic) bond motifs is 1. The highest BCUT2D eigenvalue weighted by atomic mass is 16.2. The molecule has 0 unspecified atom stereocenters. The van der Waals surface area contributed by atoms with Crippen molar-refractivity contribution < 1.29 is 4.79 Å². The smallest absolute Gasteiger partial charge is 0.278 e. The molecule has 0 radical (unpaired) electrons. The van der Waals surface area contributed by atoms with Crippen LogP contribution in [-0.2, 0) is 13.5 Å². The van der Waals surface area contributed by atoms with Crippen LogP contribution in [0.3, 0.4) is 0 Å². The quantitative estimate of drug-likeness (QED) is 0.764. The highest BCUT2D eigenvalue weighted by Crippen LogP contribution is 2.30. The minimum Gasteiger partial charge on any atom is -0.399 e. The summed E-state index contributed by atoms with van der Waals surface area (Å²) < 4.78 is 1.63. The highest BCUT2D eigenvalue weighted by Gasteiger charge is 2.26. The minimum atomic E-state index is -0.0564. The summed E-state index contributed by atoms with van der Waals surface area (Å²) >= 11 is 0. The molecule has 18 heavy (non-hydrogen) atoms. The van der Waals surface area contributed by atoms with E-state index in [4.69, 9.17) is 5.73 Å². The van der Waals surface area contributed by atoms with Crippen molar-refractivity contribution in [1.29, 1.82) is 0 Å². The molecular weight excluding hydrogens is 228 g/mol. The van der Waals surface area contributed by atoms with Crippen molar-refractivity contribution in [3.05, 3.63) is 41.7 Å². The Morgan fingerprint density at radius 2 is 2.22 bits per heavy atom. The van der Waals surface area contributed by atoms with Crippen LogP contribution in [0.25, 0.3) is 0 Å². The molecule has 0 spiro atoms. The standard InChI is InChI=1S/C13H14N4O/c1-16-6-5-11(15-16)13(18)17-7-4-9-8-10(14)2-3-12(9)17/h2-3,5-6,8H,4,7,14H2,1H3. The molecule has 1 amide bonds. The third kappa shape index (κ3) is 1.64. The number of aryl methyl sites for hydroxylation is 1. The number of hydrogen-bond donors (Lipinski definition) is 1. The molecule has 1 aromatic heterocycles. The molecule has 0 saturated heterocycles. The lowest BCUT2D eigenvalue weighted by Crippen LogP contribution is -2.29. The second-order valence-electron chi connectivity index (χ2n) is 4.47. The summed E-state index contributed by atoms with van der Waals surface area (Å²) in [6, 6.07) is 7.39. The van der Waals surface area contributed by atoms with Gasteiger partial charge in [-0.25, -0.2) is 0 Å². The minimum absolute atomic E-state index is 0.0564. The van der Waals surface area contributed by atoms with Crippen LogP contribution in [0, 0.1) is 0 Å². The maximum Gasteiger partial charge on any atom is 0.278 e. The predicted octanol–water partition coefficient (Wildman–Crippen LogP) is 1.21. The first-order valence-corrected chi connectivity index (χ1v) is 5.85. The Kier molecular flexibility index (Phi) is 2.33. The number of carbonyl (C=O) groups excluding carboxylic acids is 1. The second kappa shape index (κ2) is 3.87. The van der Waals surface area contributed by atoms with Gasteiger partial charge in [0.25, 0.3) is 5.91 Å². The summed E-state index contributed by atoms with van der Waals surface area (Å²) in [6.07, 6.45) is 2.62. The Labute approximate surface area is 105 Å². The predicted molar refractivity (Wildman–Crippen MR) is 69.4 cm³/mol. The number of nitrogens with zero attached hydrogens (tertiary/aromatic N) is 3. The molecule has 1 aliphatic heterocycles. The molecule has 92 valence electrons. The molecule has 0 atom stereocenters. The van der Waals surface area contributed by atoms with E-state index in [0.29, 0.717) is 12.2 Å². The van der Waals surface area contributed by atoms with E-state index in [9.17, 15) is 4.79 Å². The van der Waals surface area contributed by atoms with Crippen LogP contribution >= 0.6 is 0 Å². The van der Waals surface area contributed by atoms with Gasteiger partial charge >= 0.3 is 0 Å². The average molecular weight is 242 g/mol. The van der Waals surface area contributed by atoms with E-state index in [1.54, 1.807) is 28.9 Å². The van der Waals surface area contributed by atoms with Crippen LogP contribution in [-0.4, -0.2) is 22.2 Å². The van der Waals surface area contributed by atoms with Crippen LogP contribution < -0.4 is 10.6 Å². The van der Waals surface area contributed by atoms with Gasteiger partial charge in [-0.15, -0.1) is 0 Å². The van der Waals surface area contributed by atoms with Crippen molar-refractivity contribution in [2.75, 3.05) is 17.2 Å². The van der Waals surface area contributed by atoms with E-state index >= 15 is 0 Å². The largest absolute Gasteiger partial charge is 0.399 e. The fraction of sp³-hybridized carbons (Fsp3) is 0.231. The molecule has 1 aliphatic rings. The molecule has 1 aromatic carbocycles. The first-order valence-electron chi connectivity index (χ1n) is 5.85. The summed E-state index contributed by atoms with van der Waals surface area (Å²) in [4.78, 5) is 14.1. The lowest BCUT2D eigenvalue weighted by molar-refractivity contribution is 0.0984. The van der Waals surface area contributed by atoms with Gasteiger partial charge in [-0.3, -0.25) is 9.48 Å². The van der Waals surface area contributed by atoms with Crippen molar-refractivity contribution in [2.45, 2.75) is 6.42 Å². The van der Waals surface area contributed by atoms with Crippen molar-refractivity contribution in [3.8, 4) is 0 Å². The van der Waals surface area contributed by atoms with Gasteiger partial charge in [-0.1, -0.05) is 0 Å². The molecular formula is C13H14N4O. The normalized spacial score (nSPS) is 13.7. The van der Waals surface area contributed by atoms with E-state index in [-0.39, 0.29) is 5.91 Å². The van der Waals surface area contributed by atoms with Crippen molar-refractivity contribution in [1.82, 2.24) is 9.78 Å². The molecule has 0 saturated carbocycles. The first kappa shape index (κ1) is 10.8. The number of benzene rings is 1. The zero-order valence-electron chi connectivity index (χ0n) is 10.1. The van der Waals surface area contributed by atoms with E-state index in [1.165, 1.54) is 0 Å². The Morgan fingerprint density at radius 3 is 2.94 bits per heavy atom. The van der Waals surface area contributed by atoms with Gasteiger partial charge in [0, 0.05) is 31.2 Å². The Balaban J connectivity index is 1.95. The van der Waals surface area contributed by atoms with Crippen molar-refractivity contribution in [3.63, 3.8) is 0 Å². The third-order valence-corrected chi connectivity index (χ3v) is 3.18. The molecule has 2 N–H and O–H groups in total. The van der Waals surface area contributed by atoms with Gasteiger partial charge in [-0.2, -0.15) is 5.10 Å². The zero-order chi connectivity index (χ0) is 12.7. The van der Waals surface area contributed by atoms with Gasteiger partial charge in [0.15, 0.2) is 5.69 Å². The number of aromatic nitrogens is 2. The molecule has 0 fully saturated rings. The number of nitrogen functional groups attached to an aromatic ring is 1. The van der Waals surface area contributed by atoms with Crippen LogP contribution in [0.4, 0.5) is 11.4 Å². The van der Waals surface area contributed by atoms with Crippen molar-refractivity contribution in [2.24, 2.45) is 7.05 Å². The van der Waals surface area contributed by atoms with E-state index < -0.39 is 0 Å². The lowest BCUT2D eigenvalue weighted by Gasteiger charge is -2.15. The molecule has 0 aliphatic carbocycles. The molecule has 2 heterocycles. The number of carbonyl (C=O) groups is 1. The number of nitrogens with two attached hydrogens (primary N) is 1. The van der Waals surface area contributed by atoms with Gasteiger partial charge in [0.2, 0.25) is 0 Å². The zero-order valence-corrected chi connectivity index (χ0v) is 10.1. The van der Waals surface area contributed by atoms with Crippen LogP contribution in [0.2, 0.25) is 0 Å². The van der Waals surface area contributed by atoms with Crippen molar-refractivity contribution >= 4 is 17.3 Å². The lowest BCUT2D eigenvalue weighted by atomic mass is 10.1. The number of amides is 1. The number of anilines is 2. The summed E-state index contributed by atoms with van der Waals surface area (Å²) in [6.45, 7) is 0.689. The molecule has 5 nitrogen and oxygen atoms in total. The third-order valence-electron chi connectivity index (χ3n) is 3.18. The molecule has 0 bridgehead atoms. The van der Waals surface area contributed by atoms with E-state index in [2.05, 4.69) is 5.10 Å². The summed E-state index contributed by atoms with van der Waals surface area (Å²) in [5.41, 5.74) is 9.03. The van der Waals surface area contributed by atoms with E-state index in [0.717, 1.165) is 23.4 Å². The van der Waals surface area contributed by atoms with E-state index in [1.807, 2.05) is 18.2 Å². The molecule has 2 aromatic rings. The van der Waals surface area contributed by atoms with Gasteiger partial charge < -0.3 is 10.6 Å². The maximum atomic E-state index is 12.3. The summed E-state index contributed by atoms with van der Waals surface area (Å²) in [7, 11) is 1.80. The number of rotatable bonds is 1. The Morgan fingerprint density at radius 1 is 1.39 bits per heavy atom. The fourth-order valence-corrected chi connectivity index (χ4v) is 2.30. The maximum absolute atomic E-state index is 12.3. The number of hydrogen-bond acceptors (Lipinski definition) is 3. The fourth-order valence-electron chi connectivity index (χ4n) is 2.30. The Bertz CT molecular complexity index is 617. The van der Waals surface area contributed by atoms with Gasteiger partial charge in [-0.05, 0) is 36.2 Å². The SMILES string of the molecule is Cn1ccc(C(=O)N2CCc3cc(N)ccc32)n1. The monoisotopic (exact) mass is 242 g/mol. The van der Waals surface area contributed by atoms with Crippen LogP contribution in [0.15, 0.2) is 30.5 Å². The van der Waals surface area contributed by atoms with Crippen LogP contribution in [0.5, 0.6) is 0 Å². The molecule has 5 heteroatoms. The average Bonchev–Trinajstić information content (AvgIpc) is 2.94. The second-order valence-corrected chi connectivity index (χ2v) is 4.47.